The molecule has 0 spiro atoms. The van der Waals surface area contributed by atoms with E-state index in [0.29, 0.717) is 0 Å². The highest BCUT2D eigenvalue weighted by molar-refractivity contribution is 5.79. The van der Waals surface area contributed by atoms with Gasteiger partial charge in [-0.1, -0.05) is 48.5 Å². The third kappa shape index (κ3) is 6.72. The molecule has 8 nitrogen and oxygen atoms in total. The van der Waals surface area contributed by atoms with Crippen molar-refractivity contribution in [2.75, 3.05) is 13.2 Å². The normalized spacial score (nSPS) is 14.4. The molecular weight excluding hydrogens is 469 g/mol. The van der Waals surface area contributed by atoms with E-state index in [0.717, 1.165) is 22.3 Å². The van der Waals surface area contributed by atoms with E-state index in [1.165, 1.54) is 0 Å². The molecule has 1 aliphatic carbocycles. The molecule has 4 N–H and O–H groups in total. The van der Waals surface area contributed by atoms with Crippen molar-refractivity contribution in [3.05, 3.63) is 59.7 Å². The molecule has 35 heavy (non-hydrogen) atoms. The number of rotatable bonds is 10. The topological polar surface area (TPSA) is 125 Å². The first-order chi connectivity index (χ1) is 16.6. The number of ether oxygens (including phenoxy) is 1. The van der Waals surface area contributed by atoms with Crippen LogP contribution in [0, 0.1) is 0 Å². The maximum atomic E-state index is 13.4. The Kier molecular flexibility index (Phi) is 8.34. The predicted molar refractivity (Wildman–Crippen MR) is 119 cm³/mol. The molecule has 0 heterocycles. The van der Waals surface area contributed by atoms with Gasteiger partial charge >= 0.3 is 18.2 Å². The van der Waals surface area contributed by atoms with Gasteiger partial charge in [0.05, 0.1) is 0 Å². The number of carboxylic acids is 1. The fourth-order valence-corrected chi connectivity index (χ4v) is 3.94. The van der Waals surface area contributed by atoms with E-state index in [-0.39, 0.29) is 25.5 Å². The van der Waals surface area contributed by atoms with E-state index in [1.807, 2.05) is 48.5 Å². The number of alkyl halides is 3. The van der Waals surface area contributed by atoms with Gasteiger partial charge in [0.2, 0.25) is 5.91 Å². The number of benzene rings is 2. The zero-order chi connectivity index (χ0) is 25.6. The lowest BCUT2D eigenvalue weighted by atomic mass is 9.98. The van der Waals surface area contributed by atoms with Gasteiger partial charge in [0.1, 0.15) is 12.6 Å². The fraction of sp³-hybridized carbons (Fsp3) is 0.375. The van der Waals surface area contributed by atoms with Gasteiger partial charge < -0.3 is 25.6 Å². The van der Waals surface area contributed by atoms with Gasteiger partial charge in [0, 0.05) is 25.3 Å². The summed E-state index contributed by atoms with van der Waals surface area (Å²) >= 11 is 0. The molecule has 0 aromatic heterocycles. The Balaban J connectivity index is 1.53. The monoisotopic (exact) mass is 494 g/mol. The third-order valence-corrected chi connectivity index (χ3v) is 5.72. The van der Waals surface area contributed by atoms with Crippen molar-refractivity contribution >= 4 is 18.0 Å². The molecule has 11 heteroatoms. The lowest BCUT2D eigenvalue weighted by Crippen LogP contribution is -2.46. The Labute approximate surface area is 199 Å². The van der Waals surface area contributed by atoms with Crippen LogP contribution in [0.2, 0.25) is 0 Å². The van der Waals surface area contributed by atoms with Crippen molar-refractivity contribution in [1.29, 1.82) is 0 Å². The van der Waals surface area contributed by atoms with Crippen LogP contribution in [0.3, 0.4) is 0 Å². The second-order valence-corrected chi connectivity index (χ2v) is 8.10. The van der Waals surface area contributed by atoms with Gasteiger partial charge in [0.25, 0.3) is 0 Å². The van der Waals surface area contributed by atoms with E-state index in [9.17, 15) is 27.6 Å². The highest BCUT2D eigenvalue weighted by Crippen LogP contribution is 2.44. The quantitative estimate of drug-likeness (QED) is 0.402. The zero-order valence-corrected chi connectivity index (χ0v) is 18.5. The minimum absolute atomic E-state index is 0.156. The van der Waals surface area contributed by atoms with Crippen LogP contribution in [0.4, 0.5) is 18.0 Å². The van der Waals surface area contributed by atoms with Crippen molar-refractivity contribution in [2.45, 2.75) is 43.5 Å². The number of aliphatic hydroxyl groups excluding tert-OH is 1. The molecule has 0 bridgehead atoms. The number of amides is 2. The smallest absolute Gasteiger partial charge is 0.408 e. The van der Waals surface area contributed by atoms with Crippen LogP contribution >= 0.6 is 0 Å². The molecule has 1 aliphatic rings. The van der Waals surface area contributed by atoms with Crippen LogP contribution in [-0.2, 0) is 14.3 Å². The Bertz CT molecular complexity index is 1030. The van der Waals surface area contributed by atoms with Crippen LogP contribution in [-0.4, -0.2) is 59.7 Å². The van der Waals surface area contributed by atoms with Crippen LogP contribution < -0.4 is 10.6 Å². The summed E-state index contributed by atoms with van der Waals surface area (Å²) in [5, 5.41) is 21.7. The SMILES string of the molecule is O=C(CC[C@H](NC(=O)OCC1c2ccccc2-c2ccccc21)C(F)(F)F)NCCC(O)C(=O)O. The predicted octanol–water partition coefficient (Wildman–Crippen LogP) is 3.19. The van der Waals surface area contributed by atoms with Crippen molar-refractivity contribution < 1.29 is 42.5 Å². The van der Waals surface area contributed by atoms with Crippen molar-refractivity contribution in [3.63, 3.8) is 0 Å². The summed E-state index contributed by atoms with van der Waals surface area (Å²) in [6, 6.07) is 12.8. The second kappa shape index (κ2) is 11.2. The number of nitrogens with one attached hydrogen (secondary N) is 2. The minimum Gasteiger partial charge on any atom is -0.479 e. The lowest BCUT2D eigenvalue weighted by Gasteiger charge is -2.22. The molecule has 0 saturated heterocycles. The molecule has 2 amide bonds. The number of fused-ring (bicyclic) bond motifs is 3. The number of aliphatic hydroxyl groups is 1. The first kappa shape index (κ1) is 26.0. The van der Waals surface area contributed by atoms with Crippen LogP contribution in [0.5, 0.6) is 0 Å². The molecule has 0 radical (unpaired) electrons. The number of aliphatic carboxylic acids is 1. The van der Waals surface area contributed by atoms with Gasteiger partial charge in [-0.25, -0.2) is 9.59 Å². The maximum absolute atomic E-state index is 13.4. The van der Waals surface area contributed by atoms with E-state index >= 15 is 0 Å². The number of hydrogen-bond donors (Lipinski definition) is 4. The van der Waals surface area contributed by atoms with Gasteiger partial charge in [-0.05, 0) is 28.7 Å². The molecule has 0 fully saturated rings. The Morgan fingerprint density at radius 3 is 2.09 bits per heavy atom. The van der Waals surface area contributed by atoms with E-state index in [4.69, 9.17) is 14.9 Å². The molecule has 2 aromatic rings. The Morgan fingerprint density at radius 1 is 0.971 bits per heavy atom. The number of carbonyl (C=O) groups excluding carboxylic acids is 2. The fourth-order valence-electron chi connectivity index (χ4n) is 3.94. The Hall–Kier alpha value is -3.60. The van der Waals surface area contributed by atoms with Gasteiger partial charge in [-0.2, -0.15) is 13.2 Å². The maximum Gasteiger partial charge on any atom is 0.408 e. The van der Waals surface area contributed by atoms with Crippen LogP contribution in [0.25, 0.3) is 11.1 Å². The molecule has 2 atom stereocenters. The van der Waals surface area contributed by atoms with E-state index < -0.39 is 49.1 Å². The molecule has 1 unspecified atom stereocenters. The standard InChI is InChI=1S/C24H25F3N2O6/c25-24(26,27)20(9-10-21(31)28-12-11-19(30)22(32)33)29-23(34)35-13-18-16-7-3-1-5-14(16)15-6-2-4-8-17(15)18/h1-8,18-20,30H,9-13H2,(H,28,31)(H,29,34)(H,32,33)/t19?,20-/m0/s1. The number of carbonyl (C=O) groups is 3. The summed E-state index contributed by atoms with van der Waals surface area (Å²) in [5.41, 5.74) is 3.79. The summed E-state index contributed by atoms with van der Waals surface area (Å²) in [6.07, 6.45) is -9.35. The number of carboxylic acid groups (broad SMARTS) is 1. The molecule has 2 aromatic carbocycles. The molecule has 3 rings (SSSR count). The van der Waals surface area contributed by atoms with Gasteiger partial charge in [-0.3, -0.25) is 4.79 Å². The summed E-state index contributed by atoms with van der Waals surface area (Å²) < 4.78 is 45.4. The minimum atomic E-state index is -4.81. The van der Waals surface area contributed by atoms with Gasteiger partial charge in [-0.15, -0.1) is 0 Å². The summed E-state index contributed by atoms with van der Waals surface area (Å²) in [7, 11) is 0. The summed E-state index contributed by atoms with van der Waals surface area (Å²) in [4.78, 5) is 34.5. The number of hydrogen-bond acceptors (Lipinski definition) is 5. The molecular formula is C24H25F3N2O6. The number of halogens is 3. The molecule has 0 aliphatic heterocycles. The second-order valence-electron chi connectivity index (χ2n) is 8.10. The average Bonchev–Trinajstić information content (AvgIpc) is 3.13. The molecule has 188 valence electrons. The largest absolute Gasteiger partial charge is 0.479 e. The van der Waals surface area contributed by atoms with Gasteiger partial charge in [0.15, 0.2) is 6.10 Å². The third-order valence-electron chi connectivity index (χ3n) is 5.72. The lowest BCUT2D eigenvalue weighted by molar-refractivity contribution is -0.156. The highest BCUT2D eigenvalue weighted by Gasteiger charge is 2.41. The van der Waals surface area contributed by atoms with Crippen molar-refractivity contribution in [1.82, 2.24) is 10.6 Å². The van der Waals surface area contributed by atoms with Crippen molar-refractivity contribution in [2.24, 2.45) is 0 Å². The van der Waals surface area contributed by atoms with E-state index in [1.54, 1.807) is 5.32 Å². The summed E-state index contributed by atoms with van der Waals surface area (Å²) in [6.45, 7) is -0.375. The van der Waals surface area contributed by atoms with Crippen LogP contribution in [0.1, 0.15) is 36.3 Å². The highest BCUT2D eigenvalue weighted by atomic mass is 19.4. The average molecular weight is 494 g/mol. The van der Waals surface area contributed by atoms with E-state index in [2.05, 4.69) is 5.32 Å². The molecule has 0 saturated carbocycles. The summed E-state index contributed by atoms with van der Waals surface area (Å²) in [5.74, 6) is -2.56. The zero-order valence-electron chi connectivity index (χ0n) is 18.5. The first-order valence-corrected chi connectivity index (χ1v) is 10.9. The first-order valence-electron chi connectivity index (χ1n) is 10.9. The van der Waals surface area contributed by atoms with Crippen LogP contribution in [0.15, 0.2) is 48.5 Å². The Morgan fingerprint density at radius 2 is 1.54 bits per heavy atom. The number of alkyl carbamates (subject to hydrolysis) is 1. The van der Waals surface area contributed by atoms with Crippen molar-refractivity contribution in [3.8, 4) is 11.1 Å².